The minimum atomic E-state index is -4.76. The molecular formula is C29H26F4N4O. The topological polar surface area (TPSA) is 64.2 Å². The Morgan fingerprint density at radius 3 is 2.08 bits per heavy atom. The summed E-state index contributed by atoms with van der Waals surface area (Å²) < 4.78 is 54.8. The number of alkyl halides is 3. The first-order chi connectivity index (χ1) is 18.1. The van der Waals surface area contributed by atoms with Crippen molar-refractivity contribution in [3.05, 3.63) is 129 Å². The van der Waals surface area contributed by atoms with Gasteiger partial charge in [-0.3, -0.25) is 14.3 Å². The number of benzene rings is 3. The van der Waals surface area contributed by atoms with Crippen LogP contribution < -0.4 is 11.3 Å². The summed E-state index contributed by atoms with van der Waals surface area (Å²) in [5, 5.41) is 0. The summed E-state index contributed by atoms with van der Waals surface area (Å²) in [6.45, 7) is 2.49. The molecule has 0 radical (unpaired) electrons. The van der Waals surface area contributed by atoms with Gasteiger partial charge in [0.1, 0.15) is 5.82 Å². The lowest BCUT2D eigenvalue weighted by molar-refractivity contribution is -0.140. The van der Waals surface area contributed by atoms with E-state index < -0.39 is 29.6 Å². The molecule has 9 heteroatoms. The molecule has 1 aromatic heterocycles. The van der Waals surface area contributed by atoms with E-state index in [9.17, 15) is 22.4 Å². The lowest BCUT2D eigenvalue weighted by atomic mass is 9.97. The van der Waals surface area contributed by atoms with Crippen LogP contribution in [0.1, 0.15) is 52.5 Å². The molecule has 0 unspecified atom stereocenters. The zero-order valence-electron chi connectivity index (χ0n) is 20.6. The Morgan fingerprint density at radius 2 is 1.53 bits per heavy atom. The predicted molar refractivity (Wildman–Crippen MR) is 137 cm³/mol. The van der Waals surface area contributed by atoms with Crippen molar-refractivity contribution in [2.45, 2.75) is 38.1 Å². The number of hydrogen-bond acceptors (Lipinski definition) is 4. The van der Waals surface area contributed by atoms with Crippen LogP contribution in [0, 0.1) is 5.82 Å². The summed E-state index contributed by atoms with van der Waals surface area (Å²) >= 11 is 0. The van der Waals surface area contributed by atoms with E-state index in [-0.39, 0.29) is 18.1 Å². The van der Waals surface area contributed by atoms with Crippen LogP contribution in [0.25, 0.3) is 0 Å². The van der Waals surface area contributed by atoms with Crippen molar-refractivity contribution >= 4 is 5.95 Å². The number of fused-ring (bicyclic) bond motifs is 1. The molecule has 0 aliphatic carbocycles. The van der Waals surface area contributed by atoms with Gasteiger partial charge in [-0.05, 0) is 35.7 Å². The quantitative estimate of drug-likeness (QED) is 0.340. The fraction of sp³-hybridized carbons (Fsp3) is 0.241. The number of aromatic nitrogens is 2. The van der Waals surface area contributed by atoms with Gasteiger partial charge in [-0.1, -0.05) is 66.7 Å². The van der Waals surface area contributed by atoms with Gasteiger partial charge >= 0.3 is 6.18 Å². The third kappa shape index (κ3) is 4.81. The average molecular weight is 523 g/mol. The van der Waals surface area contributed by atoms with Crippen LogP contribution in [0.4, 0.5) is 23.5 Å². The second-order valence-corrected chi connectivity index (χ2v) is 9.43. The van der Waals surface area contributed by atoms with E-state index in [4.69, 9.17) is 5.73 Å². The highest BCUT2D eigenvalue weighted by Gasteiger charge is 2.35. The Kier molecular flexibility index (Phi) is 6.79. The van der Waals surface area contributed by atoms with E-state index in [1.54, 1.807) is 6.92 Å². The van der Waals surface area contributed by atoms with Crippen molar-refractivity contribution in [1.82, 2.24) is 14.5 Å². The zero-order chi connectivity index (χ0) is 27.0. The van der Waals surface area contributed by atoms with E-state index in [2.05, 4.69) is 4.98 Å². The molecule has 1 aliphatic rings. The van der Waals surface area contributed by atoms with Crippen molar-refractivity contribution in [3.8, 4) is 0 Å². The molecule has 0 bridgehead atoms. The van der Waals surface area contributed by atoms with E-state index in [0.717, 1.165) is 23.3 Å². The van der Waals surface area contributed by atoms with Crippen LogP contribution >= 0.6 is 0 Å². The Balaban J connectivity index is 1.53. The van der Waals surface area contributed by atoms with Crippen molar-refractivity contribution in [2.24, 2.45) is 0 Å². The van der Waals surface area contributed by atoms with E-state index in [1.807, 2.05) is 65.6 Å². The number of nitrogens with two attached hydrogens (primary N) is 1. The lowest BCUT2D eigenvalue weighted by Gasteiger charge is -2.34. The SMILES string of the molecule is C[C@@H](c1ccc(C(F)(F)F)c(F)c1)N1CCc2nc(N)n(C(c3ccccc3)c3ccccc3)c(=O)c2C1. The van der Waals surface area contributed by atoms with Crippen LogP contribution in [0.5, 0.6) is 0 Å². The first-order valence-electron chi connectivity index (χ1n) is 12.3. The molecule has 0 saturated heterocycles. The maximum atomic E-state index is 14.3. The largest absolute Gasteiger partial charge is 0.419 e. The molecule has 4 aromatic rings. The molecule has 0 fully saturated rings. The Bertz CT molecular complexity index is 1460. The van der Waals surface area contributed by atoms with E-state index in [0.29, 0.717) is 29.8 Å². The highest BCUT2D eigenvalue weighted by Crippen LogP contribution is 2.34. The van der Waals surface area contributed by atoms with Gasteiger partial charge in [0.2, 0.25) is 5.95 Å². The summed E-state index contributed by atoms with van der Waals surface area (Å²) in [6, 6.07) is 21.1. The smallest absolute Gasteiger partial charge is 0.369 e. The maximum Gasteiger partial charge on any atom is 0.419 e. The molecule has 5 rings (SSSR count). The van der Waals surface area contributed by atoms with Crippen molar-refractivity contribution in [1.29, 1.82) is 0 Å². The number of nitrogens with zero attached hydrogens (tertiary/aromatic N) is 3. The molecule has 196 valence electrons. The minimum Gasteiger partial charge on any atom is -0.369 e. The molecular weight excluding hydrogens is 496 g/mol. The number of halogens is 4. The van der Waals surface area contributed by atoms with Crippen LogP contribution in [-0.4, -0.2) is 21.0 Å². The predicted octanol–water partition coefficient (Wildman–Crippen LogP) is 5.74. The van der Waals surface area contributed by atoms with Gasteiger partial charge in [0.05, 0.1) is 22.9 Å². The third-order valence-electron chi connectivity index (χ3n) is 7.14. The molecule has 0 saturated carbocycles. The summed E-state index contributed by atoms with van der Waals surface area (Å²) in [4.78, 5) is 20.5. The van der Waals surface area contributed by atoms with Crippen LogP contribution in [0.2, 0.25) is 0 Å². The summed E-state index contributed by atoms with van der Waals surface area (Å²) in [6.07, 6.45) is -4.33. The lowest BCUT2D eigenvalue weighted by Crippen LogP contribution is -2.41. The highest BCUT2D eigenvalue weighted by molar-refractivity contribution is 5.39. The Hall–Kier alpha value is -3.98. The highest BCUT2D eigenvalue weighted by atomic mass is 19.4. The van der Waals surface area contributed by atoms with Gasteiger partial charge in [-0.25, -0.2) is 9.37 Å². The first kappa shape index (κ1) is 25.7. The van der Waals surface area contributed by atoms with Crippen molar-refractivity contribution < 1.29 is 17.6 Å². The van der Waals surface area contributed by atoms with Gasteiger partial charge in [0, 0.05) is 25.6 Å². The molecule has 0 amide bonds. The van der Waals surface area contributed by atoms with Gasteiger partial charge < -0.3 is 5.73 Å². The van der Waals surface area contributed by atoms with Gasteiger partial charge in [0.25, 0.3) is 5.56 Å². The molecule has 1 atom stereocenters. The number of nitrogen functional groups attached to an aromatic ring is 1. The molecule has 0 spiro atoms. The number of anilines is 1. The normalized spacial score (nSPS) is 14.9. The van der Waals surface area contributed by atoms with Crippen LogP contribution in [-0.2, 0) is 19.1 Å². The van der Waals surface area contributed by atoms with Crippen molar-refractivity contribution in [3.63, 3.8) is 0 Å². The molecule has 2 N–H and O–H groups in total. The van der Waals surface area contributed by atoms with Gasteiger partial charge in [-0.2, -0.15) is 13.2 Å². The summed E-state index contributed by atoms with van der Waals surface area (Å²) in [5.74, 6) is -1.21. The van der Waals surface area contributed by atoms with Gasteiger partial charge in [0.15, 0.2) is 0 Å². The van der Waals surface area contributed by atoms with Crippen molar-refractivity contribution in [2.75, 3.05) is 12.3 Å². The monoisotopic (exact) mass is 522 g/mol. The first-order valence-corrected chi connectivity index (χ1v) is 12.3. The molecule has 5 nitrogen and oxygen atoms in total. The number of rotatable bonds is 5. The zero-order valence-corrected chi connectivity index (χ0v) is 20.6. The minimum absolute atomic E-state index is 0.109. The van der Waals surface area contributed by atoms with Crippen LogP contribution in [0.15, 0.2) is 83.7 Å². The second-order valence-electron chi connectivity index (χ2n) is 9.43. The molecule has 1 aliphatic heterocycles. The molecule has 2 heterocycles. The van der Waals surface area contributed by atoms with E-state index >= 15 is 0 Å². The van der Waals surface area contributed by atoms with Crippen LogP contribution in [0.3, 0.4) is 0 Å². The van der Waals surface area contributed by atoms with E-state index in [1.165, 1.54) is 10.6 Å². The molecule has 38 heavy (non-hydrogen) atoms. The molecule has 3 aromatic carbocycles. The Labute approximate surface area is 217 Å². The summed E-state index contributed by atoms with van der Waals surface area (Å²) in [5.41, 5.74) is 8.02. The third-order valence-corrected chi connectivity index (χ3v) is 7.14. The Morgan fingerprint density at radius 1 is 0.921 bits per heavy atom. The average Bonchev–Trinajstić information content (AvgIpc) is 2.90. The fourth-order valence-electron chi connectivity index (χ4n) is 5.10. The summed E-state index contributed by atoms with van der Waals surface area (Å²) in [7, 11) is 0. The number of hydrogen-bond donors (Lipinski definition) is 1. The maximum absolute atomic E-state index is 14.3. The standard InChI is InChI=1S/C29H26F4N4O/c1-18(21-12-13-23(24(30)16-21)29(31,32)33)36-15-14-25-22(17-36)27(38)37(28(34)35-25)26(19-8-4-2-5-9-19)20-10-6-3-7-11-20/h2-13,16,18,26H,14-15,17H2,1H3,(H2,34,35)/t18-/m0/s1. The second kappa shape index (κ2) is 10.1. The fourth-order valence-corrected chi connectivity index (χ4v) is 5.10. The van der Waals surface area contributed by atoms with Gasteiger partial charge in [-0.15, -0.1) is 0 Å².